The number of aliphatic hydroxyl groups is 1. The molecule has 28 heavy (non-hydrogen) atoms. The van der Waals surface area contributed by atoms with Gasteiger partial charge >= 0.3 is 0 Å². The minimum atomic E-state index is -1.49. The van der Waals surface area contributed by atoms with E-state index >= 15 is 0 Å². The molecule has 2 aromatic heterocycles. The summed E-state index contributed by atoms with van der Waals surface area (Å²) < 4.78 is 19.8. The van der Waals surface area contributed by atoms with E-state index in [1.165, 1.54) is 0 Å². The summed E-state index contributed by atoms with van der Waals surface area (Å²) in [4.78, 5) is 0. The second-order valence-electron chi connectivity index (χ2n) is 6.89. The third-order valence-electron chi connectivity index (χ3n) is 5.34. The number of ether oxygens (including phenoxy) is 3. The first-order chi connectivity index (χ1) is 13.7. The Bertz CT molecular complexity index is 1060. The number of nitriles is 1. The largest absolute Gasteiger partial charge is 0.397 e. The number of aromatic nitrogens is 2. The van der Waals surface area contributed by atoms with Crippen molar-refractivity contribution in [3.05, 3.63) is 66.0 Å². The van der Waals surface area contributed by atoms with E-state index in [9.17, 15) is 10.4 Å². The molecule has 142 valence electrons. The molecule has 3 aromatic rings. The molecule has 5 atom stereocenters. The van der Waals surface area contributed by atoms with Gasteiger partial charge in [0.05, 0.1) is 23.5 Å². The van der Waals surface area contributed by atoms with Gasteiger partial charge in [-0.2, -0.15) is 10.4 Å². The molecule has 3 N–H and O–H groups in total. The molecule has 0 amide bonds. The molecule has 0 spiro atoms. The molecule has 4 heterocycles. The van der Waals surface area contributed by atoms with Crippen molar-refractivity contribution in [2.75, 3.05) is 12.3 Å². The highest BCUT2D eigenvalue weighted by Crippen LogP contribution is 2.49. The second kappa shape index (κ2) is 6.29. The van der Waals surface area contributed by atoms with Crippen LogP contribution in [0.25, 0.3) is 5.52 Å². The average Bonchev–Trinajstić information content (AvgIpc) is 3.42. The number of nitrogens with zero attached hydrogens (tertiary/aromatic N) is 3. The molecule has 2 aliphatic rings. The van der Waals surface area contributed by atoms with Gasteiger partial charge in [0.2, 0.25) is 5.60 Å². The van der Waals surface area contributed by atoms with Gasteiger partial charge < -0.3 is 25.1 Å². The SMILES string of the molecule is N#C[C@@]1(c2ccc3c(N)ccnn23)O[C@H](CO)[C@H]2OC(c3ccccc3)O[C@H]21. The van der Waals surface area contributed by atoms with Crippen molar-refractivity contribution in [3.8, 4) is 6.07 Å². The summed E-state index contributed by atoms with van der Waals surface area (Å²) in [7, 11) is 0. The average molecular weight is 378 g/mol. The number of nitrogens with two attached hydrogens (primary N) is 1. The predicted octanol–water partition coefficient (Wildman–Crippen LogP) is 1.51. The molecule has 1 aromatic carbocycles. The van der Waals surface area contributed by atoms with E-state index in [1.807, 2.05) is 30.3 Å². The molecule has 2 aliphatic heterocycles. The first-order valence-electron chi connectivity index (χ1n) is 8.96. The summed E-state index contributed by atoms with van der Waals surface area (Å²) >= 11 is 0. The Hall–Kier alpha value is -2.96. The summed E-state index contributed by atoms with van der Waals surface area (Å²) in [6.07, 6.45) is -1.12. The number of fused-ring (bicyclic) bond motifs is 2. The number of aliphatic hydroxyl groups excluding tert-OH is 1. The van der Waals surface area contributed by atoms with E-state index in [1.54, 1.807) is 28.9 Å². The molecule has 0 radical (unpaired) electrons. The zero-order valence-electron chi connectivity index (χ0n) is 14.8. The van der Waals surface area contributed by atoms with Crippen LogP contribution in [0.3, 0.4) is 0 Å². The van der Waals surface area contributed by atoms with Gasteiger partial charge in [0, 0.05) is 11.8 Å². The van der Waals surface area contributed by atoms with Crippen molar-refractivity contribution in [1.82, 2.24) is 9.61 Å². The maximum atomic E-state index is 10.2. The van der Waals surface area contributed by atoms with Crippen LogP contribution in [-0.4, -0.2) is 39.6 Å². The van der Waals surface area contributed by atoms with Crippen molar-refractivity contribution in [3.63, 3.8) is 0 Å². The van der Waals surface area contributed by atoms with E-state index < -0.39 is 30.2 Å². The van der Waals surface area contributed by atoms with Crippen LogP contribution in [0.1, 0.15) is 17.5 Å². The lowest BCUT2D eigenvalue weighted by atomic mass is 9.92. The van der Waals surface area contributed by atoms with Gasteiger partial charge in [-0.25, -0.2) is 4.52 Å². The molecule has 0 saturated carbocycles. The van der Waals surface area contributed by atoms with Crippen LogP contribution in [0, 0.1) is 11.3 Å². The normalized spacial score (nSPS) is 31.7. The number of anilines is 1. The first-order valence-corrected chi connectivity index (χ1v) is 8.96. The molecular weight excluding hydrogens is 360 g/mol. The standard InChI is InChI=1S/C20H18N4O4/c21-11-20(16-7-6-14-13(22)8-9-23-24(14)16)18-17(15(10-25)28-20)26-19(27-18)12-4-2-1-3-5-12/h1-9,15,17-19,25H,10,22H2/t15-,17-,18-,19?,20+/m1/s1. The van der Waals surface area contributed by atoms with Crippen LogP contribution in [0.5, 0.6) is 0 Å². The summed E-state index contributed by atoms with van der Waals surface area (Å²) in [5, 5.41) is 24.3. The topological polar surface area (TPSA) is 115 Å². The molecule has 2 fully saturated rings. The number of rotatable bonds is 3. The Labute approximate surface area is 160 Å². The van der Waals surface area contributed by atoms with E-state index in [4.69, 9.17) is 19.9 Å². The number of hydrogen-bond donors (Lipinski definition) is 2. The maximum absolute atomic E-state index is 10.2. The summed E-state index contributed by atoms with van der Waals surface area (Å²) in [6, 6.07) is 16.9. The zero-order valence-corrected chi connectivity index (χ0v) is 14.8. The van der Waals surface area contributed by atoms with Crippen molar-refractivity contribution < 1.29 is 19.3 Å². The van der Waals surface area contributed by atoms with Gasteiger partial charge in [-0.05, 0) is 18.2 Å². The summed E-state index contributed by atoms with van der Waals surface area (Å²) in [5.74, 6) is 0. The van der Waals surface area contributed by atoms with Gasteiger partial charge in [0.1, 0.15) is 24.4 Å². The Morgan fingerprint density at radius 3 is 2.75 bits per heavy atom. The van der Waals surface area contributed by atoms with Crippen LogP contribution in [0.15, 0.2) is 54.7 Å². The lowest BCUT2D eigenvalue weighted by Crippen LogP contribution is -2.39. The highest BCUT2D eigenvalue weighted by molar-refractivity contribution is 5.69. The van der Waals surface area contributed by atoms with E-state index in [-0.39, 0.29) is 6.61 Å². The van der Waals surface area contributed by atoms with Gasteiger partial charge in [-0.1, -0.05) is 30.3 Å². The van der Waals surface area contributed by atoms with Crippen molar-refractivity contribution in [1.29, 1.82) is 5.26 Å². The van der Waals surface area contributed by atoms with Crippen LogP contribution < -0.4 is 5.73 Å². The third kappa shape index (κ3) is 2.28. The maximum Gasteiger partial charge on any atom is 0.226 e. The fraction of sp³-hybridized carbons (Fsp3) is 0.300. The molecular formula is C20H18N4O4. The highest BCUT2D eigenvalue weighted by Gasteiger charge is 2.63. The van der Waals surface area contributed by atoms with Crippen LogP contribution in [0.2, 0.25) is 0 Å². The quantitative estimate of drug-likeness (QED) is 0.710. The summed E-state index contributed by atoms with van der Waals surface area (Å²) in [6.45, 7) is -0.297. The van der Waals surface area contributed by atoms with E-state index in [0.717, 1.165) is 5.56 Å². The highest BCUT2D eigenvalue weighted by atomic mass is 16.8. The number of hydrogen-bond acceptors (Lipinski definition) is 7. The van der Waals surface area contributed by atoms with Gasteiger partial charge in [0.25, 0.3) is 0 Å². The number of benzene rings is 1. The Balaban J connectivity index is 1.61. The van der Waals surface area contributed by atoms with Gasteiger partial charge in [-0.15, -0.1) is 0 Å². The fourth-order valence-electron chi connectivity index (χ4n) is 4.02. The molecule has 8 heteroatoms. The van der Waals surface area contributed by atoms with Crippen molar-refractivity contribution in [2.45, 2.75) is 30.2 Å². The molecule has 8 nitrogen and oxygen atoms in total. The van der Waals surface area contributed by atoms with Gasteiger partial charge in [0.15, 0.2) is 6.29 Å². The molecule has 2 saturated heterocycles. The smallest absolute Gasteiger partial charge is 0.226 e. The van der Waals surface area contributed by atoms with Crippen LogP contribution >= 0.6 is 0 Å². The molecule has 1 unspecified atom stereocenters. The van der Waals surface area contributed by atoms with E-state index in [0.29, 0.717) is 16.9 Å². The minimum Gasteiger partial charge on any atom is -0.397 e. The molecule has 0 bridgehead atoms. The van der Waals surface area contributed by atoms with Crippen molar-refractivity contribution in [2.24, 2.45) is 0 Å². The minimum absolute atomic E-state index is 0.297. The Morgan fingerprint density at radius 2 is 2.00 bits per heavy atom. The zero-order chi connectivity index (χ0) is 19.3. The second-order valence-corrected chi connectivity index (χ2v) is 6.89. The van der Waals surface area contributed by atoms with Crippen LogP contribution in [0.4, 0.5) is 5.69 Å². The summed E-state index contributed by atoms with van der Waals surface area (Å²) in [5.41, 5.74) is 7.06. The molecule has 0 aliphatic carbocycles. The molecule has 5 rings (SSSR count). The third-order valence-corrected chi connectivity index (χ3v) is 5.34. The lowest BCUT2D eigenvalue weighted by Gasteiger charge is -2.26. The monoisotopic (exact) mass is 378 g/mol. The first kappa shape index (κ1) is 17.2. The predicted molar refractivity (Wildman–Crippen MR) is 97.8 cm³/mol. The van der Waals surface area contributed by atoms with E-state index in [2.05, 4.69) is 11.2 Å². The van der Waals surface area contributed by atoms with Crippen molar-refractivity contribution >= 4 is 11.2 Å². The Kier molecular flexibility index (Phi) is 3.86. The number of nitrogen functional groups attached to an aromatic ring is 1. The Morgan fingerprint density at radius 1 is 1.18 bits per heavy atom. The van der Waals surface area contributed by atoms with Crippen LogP contribution in [-0.2, 0) is 19.8 Å². The fourth-order valence-corrected chi connectivity index (χ4v) is 4.02. The van der Waals surface area contributed by atoms with Gasteiger partial charge in [-0.3, -0.25) is 0 Å². The lowest BCUT2D eigenvalue weighted by molar-refractivity contribution is -0.160.